The zero-order chi connectivity index (χ0) is 24.7. The first kappa shape index (κ1) is 22.2. The van der Waals surface area contributed by atoms with E-state index in [2.05, 4.69) is 0 Å². The Balaban J connectivity index is 1.42. The van der Waals surface area contributed by atoms with Crippen molar-refractivity contribution in [1.82, 2.24) is 0 Å². The number of halogens is 1. The van der Waals surface area contributed by atoms with Gasteiger partial charge in [0.25, 0.3) is 17.5 Å². The summed E-state index contributed by atoms with van der Waals surface area (Å²) in [5.41, 5.74) is 1.43. The fraction of sp³-hybridized carbons (Fsp3) is 0.0385. The van der Waals surface area contributed by atoms with E-state index in [0.29, 0.717) is 5.02 Å². The van der Waals surface area contributed by atoms with Crippen molar-refractivity contribution >= 4 is 51.5 Å². The van der Waals surface area contributed by atoms with Crippen LogP contribution in [0.15, 0.2) is 78.9 Å². The molecule has 0 saturated heterocycles. The van der Waals surface area contributed by atoms with Gasteiger partial charge < -0.3 is 4.74 Å². The van der Waals surface area contributed by atoms with Crippen molar-refractivity contribution in [2.24, 2.45) is 0 Å². The molecule has 0 aromatic heterocycles. The normalized spacial score (nSPS) is 12.7. The molecule has 35 heavy (non-hydrogen) atoms. The number of nitro benzene ring substituents is 1. The molecule has 0 fully saturated rings. The van der Waals surface area contributed by atoms with Crippen molar-refractivity contribution in [2.75, 3.05) is 4.90 Å². The lowest BCUT2D eigenvalue weighted by Gasteiger charge is -2.27. The summed E-state index contributed by atoms with van der Waals surface area (Å²) >= 11 is 5.94. The number of imide groups is 1. The number of non-ortho nitro benzene ring substituents is 1. The van der Waals surface area contributed by atoms with Crippen molar-refractivity contribution in [3.63, 3.8) is 0 Å². The number of amides is 2. The number of hydrogen-bond donors (Lipinski definition) is 0. The van der Waals surface area contributed by atoms with Crippen LogP contribution >= 0.6 is 11.6 Å². The molecule has 0 saturated carbocycles. The second-order valence-electron chi connectivity index (χ2n) is 7.82. The highest BCUT2D eigenvalue weighted by Gasteiger charge is 2.35. The third kappa shape index (κ3) is 3.89. The highest BCUT2D eigenvalue weighted by molar-refractivity contribution is 6.36. The van der Waals surface area contributed by atoms with Gasteiger partial charge in [0, 0.05) is 27.6 Å². The Morgan fingerprint density at radius 3 is 2.29 bits per heavy atom. The maximum absolute atomic E-state index is 13.2. The summed E-state index contributed by atoms with van der Waals surface area (Å²) in [5, 5.41) is 12.4. The number of anilines is 1. The summed E-state index contributed by atoms with van der Waals surface area (Å²) in [7, 11) is 0. The molecule has 4 aromatic carbocycles. The lowest BCUT2D eigenvalue weighted by molar-refractivity contribution is -0.383. The number of benzene rings is 4. The van der Waals surface area contributed by atoms with Crippen LogP contribution in [0.1, 0.15) is 36.6 Å². The van der Waals surface area contributed by atoms with E-state index in [0.717, 1.165) is 10.5 Å². The van der Waals surface area contributed by atoms with Crippen molar-refractivity contribution in [2.45, 2.75) is 6.61 Å². The van der Waals surface area contributed by atoms with Crippen molar-refractivity contribution in [1.29, 1.82) is 0 Å². The molecule has 1 aliphatic rings. The molecule has 1 aliphatic heterocycles. The Labute approximate surface area is 203 Å². The van der Waals surface area contributed by atoms with Crippen molar-refractivity contribution < 1.29 is 24.0 Å². The topological polar surface area (TPSA) is 107 Å². The number of esters is 1. The van der Waals surface area contributed by atoms with Crippen LogP contribution in [-0.4, -0.2) is 22.7 Å². The van der Waals surface area contributed by atoms with Gasteiger partial charge in [0.2, 0.25) is 0 Å². The molecule has 0 bridgehead atoms. The van der Waals surface area contributed by atoms with E-state index in [9.17, 15) is 24.5 Å². The van der Waals surface area contributed by atoms with Crippen LogP contribution in [0.4, 0.5) is 11.4 Å². The second kappa shape index (κ2) is 8.66. The molecule has 5 rings (SSSR count). The summed E-state index contributed by atoms with van der Waals surface area (Å²) in [6, 6.07) is 20.0. The lowest BCUT2D eigenvalue weighted by Crippen LogP contribution is -2.40. The first-order valence-electron chi connectivity index (χ1n) is 10.5. The van der Waals surface area contributed by atoms with Crippen LogP contribution in [0, 0.1) is 10.1 Å². The molecule has 1 heterocycles. The molecular formula is C26H15ClN2O6. The molecule has 0 atom stereocenters. The fourth-order valence-corrected chi connectivity index (χ4v) is 4.29. The van der Waals surface area contributed by atoms with Gasteiger partial charge >= 0.3 is 5.97 Å². The Kier molecular flexibility index (Phi) is 5.50. The van der Waals surface area contributed by atoms with E-state index in [4.69, 9.17) is 16.3 Å². The Bertz CT molecular complexity index is 1530. The standard InChI is InChI=1S/C26H15ClN2O6/c27-17-4-1-3-15(13-17)14-35-26(32)16-7-9-18(10-8-16)28-24(30)20-6-2-5-19-22(29(33)34)12-11-21(23(19)20)25(28)31/h1-13H,14H2. The molecular weight excluding hydrogens is 472 g/mol. The summed E-state index contributed by atoms with van der Waals surface area (Å²) < 4.78 is 5.31. The lowest BCUT2D eigenvalue weighted by atomic mass is 9.92. The maximum atomic E-state index is 13.2. The third-order valence-corrected chi connectivity index (χ3v) is 5.94. The molecule has 172 valence electrons. The summed E-state index contributed by atoms with van der Waals surface area (Å²) in [6.07, 6.45) is 0. The van der Waals surface area contributed by atoms with Crippen LogP contribution in [-0.2, 0) is 11.3 Å². The van der Waals surface area contributed by atoms with Gasteiger partial charge in [0.05, 0.1) is 21.6 Å². The van der Waals surface area contributed by atoms with Crippen LogP contribution < -0.4 is 4.90 Å². The number of nitro groups is 1. The van der Waals surface area contributed by atoms with E-state index in [1.54, 1.807) is 30.3 Å². The highest BCUT2D eigenvalue weighted by Crippen LogP contribution is 2.36. The van der Waals surface area contributed by atoms with E-state index < -0.39 is 22.7 Å². The quantitative estimate of drug-likeness (QED) is 0.158. The summed E-state index contributed by atoms with van der Waals surface area (Å²) in [5.74, 6) is -1.79. The molecule has 2 amide bonds. The fourth-order valence-electron chi connectivity index (χ4n) is 4.08. The molecule has 0 N–H and O–H groups in total. The monoisotopic (exact) mass is 486 g/mol. The SMILES string of the molecule is O=C(OCc1cccc(Cl)c1)c1ccc(N2C(=O)c3cccc4c([N+](=O)[O-])ccc(c34)C2=O)cc1. The van der Waals surface area contributed by atoms with Crippen LogP contribution in [0.2, 0.25) is 5.02 Å². The van der Waals surface area contributed by atoms with Gasteiger partial charge in [-0.2, -0.15) is 0 Å². The highest BCUT2D eigenvalue weighted by atomic mass is 35.5. The molecule has 0 aliphatic carbocycles. The molecule has 0 unspecified atom stereocenters. The van der Waals surface area contributed by atoms with Gasteiger partial charge in [0.15, 0.2) is 0 Å². The van der Waals surface area contributed by atoms with E-state index in [1.165, 1.54) is 48.5 Å². The van der Waals surface area contributed by atoms with Crippen LogP contribution in [0.3, 0.4) is 0 Å². The van der Waals surface area contributed by atoms with Crippen molar-refractivity contribution in [3.8, 4) is 0 Å². The third-order valence-electron chi connectivity index (χ3n) is 5.70. The van der Waals surface area contributed by atoms with E-state index in [1.807, 2.05) is 0 Å². The van der Waals surface area contributed by atoms with Gasteiger partial charge in [-0.1, -0.05) is 29.8 Å². The van der Waals surface area contributed by atoms with Crippen LogP contribution in [0.5, 0.6) is 0 Å². The number of hydrogen-bond acceptors (Lipinski definition) is 6. The number of nitrogens with zero attached hydrogens (tertiary/aromatic N) is 2. The zero-order valence-corrected chi connectivity index (χ0v) is 18.7. The molecule has 4 aromatic rings. The smallest absolute Gasteiger partial charge is 0.338 e. The van der Waals surface area contributed by atoms with Gasteiger partial charge in [-0.3, -0.25) is 19.7 Å². The number of carbonyl (C=O) groups is 3. The molecule has 8 nitrogen and oxygen atoms in total. The largest absolute Gasteiger partial charge is 0.457 e. The molecule has 0 radical (unpaired) electrons. The number of carbonyl (C=O) groups excluding carboxylic acids is 3. The first-order chi connectivity index (χ1) is 16.8. The predicted octanol–water partition coefficient (Wildman–Crippen LogP) is 5.56. The number of rotatable bonds is 5. The average Bonchev–Trinajstić information content (AvgIpc) is 2.86. The minimum Gasteiger partial charge on any atom is -0.457 e. The minimum absolute atomic E-state index is 0.0389. The summed E-state index contributed by atoms with van der Waals surface area (Å²) in [4.78, 5) is 50.8. The maximum Gasteiger partial charge on any atom is 0.338 e. The predicted molar refractivity (Wildman–Crippen MR) is 129 cm³/mol. The molecule has 9 heteroatoms. The van der Waals surface area contributed by atoms with Gasteiger partial charge in [-0.25, -0.2) is 9.69 Å². The van der Waals surface area contributed by atoms with Crippen LogP contribution in [0.25, 0.3) is 10.8 Å². The first-order valence-corrected chi connectivity index (χ1v) is 10.8. The van der Waals surface area contributed by atoms with E-state index >= 15 is 0 Å². The average molecular weight is 487 g/mol. The van der Waals surface area contributed by atoms with Crippen molar-refractivity contribution in [3.05, 3.63) is 116 Å². The Morgan fingerprint density at radius 1 is 0.914 bits per heavy atom. The van der Waals surface area contributed by atoms with Gasteiger partial charge in [0.1, 0.15) is 6.61 Å². The molecule has 0 spiro atoms. The Hall–Kier alpha value is -4.56. The van der Waals surface area contributed by atoms with Gasteiger partial charge in [-0.15, -0.1) is 0 Å². The van der Waals surface area contributed by atoms with Gasteiger partial charge in [-0.05, 0) is 60.2 Å². The minimum atomic E-state index is -0.607. The zero-order valence-electron chi connectivity index (χ0n) is 17.9. The summed E-state index contributed by atoms with van der Waals surface area (Å²) in [6.45, 7) is 0.0389. The second-order valence-corrected chi connectivity index (χ2v) is 8.25. The number of ether oxygens (including phenoxy) is 1. The van der Waals surface area contributed by atoms with E-state index in [-0.39, 0.29) is 45.4 Å². The Morgan fingerprint density at radius 2 is 1.60 bits per heavy atom.